The molecule has 1 atom stereocenters. The number of nitrogens with two attached hydrogens (primary N) is 1. The fraction of sp³-hybridized carbons (Fsp3) is 0.929. The minimum atomic E-state index is -2.66. The fourth-order valence-electron chi connectivity index (χ4n) is 3.27. The lowest BCUT2D eigenvalue weighted by molar-refractivity contribution is -0.0181. The second-order valence-electron chi connectivity index (χ2n) is 7.17. The van der Waals surface area contributed by atoms with Crippen LogP contribution in [0.15, 0.2) is 0 Å². The zero-order valence-electron chi connectivity index (χ0n) is 12.4. The largest absolute Gasteiger partial charge is 0.444 e. The molecular formula is C14H24F2N2O2. The number of carbonyl (C=O) groups excluding carboxylic acids is 1. The van der Waals surface area contributed by atoms with E-state index in [0.717, 1.165) is 0 Å². The third-order valence-corrected chi connectivity index (χ3v) is 4.33. The highest BCUT2D eigenvalue weighted by Crippen LogP contribution is 2.52. The SMILES string of the molecule is CC(C)(C)OC(=O)N1CCC2(CC1)CC(F)(F)CC2N. The van der Waals surface area contributed by atoms with Gasteiger partial charge in [-0.1, -0.05) is 0 Å². The van der Waals surface area contributed by atoms with Gasteiger partial charge in [-0.05, 0) is 39.0 Å². The molecule has 1 aliphatic carbocycles. The molecule has 2 aliphatic rings. The van der Waals surface area contributed by atoms with Gasteiger partial charge in [-0.15, -0.1) is 0 Å². The molecule has 1 spiro atoms. The molecule has 0 aromatic rings. The summed E-state index contributed by atoms with van der Waals surface area (Å²) in [6.45, 7) is 6.31. The van der Waals surface area contributed by atoms with E-state index in [9.17, 15) is 13.6 Å². The van der Waals surface area contributed by atoms with E-state index in [1.165, 1.54) is 0 Å². The molecule has 4 nitrogen and oxygen atoms in total. The van der Waals surface area contributed by atoms with Gasteiger partial charge in [0.1, 0.15) is 5.60 Å². The summed E-state index contributed by atoms with van der Waals surface area (Å²) in [5.41, 5.74) is 4.88. The van der Waals surface area contributed by atoms with Crippen LogP contribution in [0.4, 0.5) is 13.6 Å². The van der Waals surface area contributed by atoms with E-state index >= 15 is 0 Å². The minimum Gasteiger partial charge on any atom is -0.444 e. The van der Waals surface area contributed by atoms with Crippen molar-refractivity contribution >= 4 is 6.09 Å². The van der Waals surface area contributed by atoms with Crippen LogP contribution in [0.25, 0.3) is 0 Å². The maximum atomic E-state index is 13.5. The van der Waals surface area contributed by atoms with Gasteiger partial charge in [0.15, 0.2) is 0 Å². The highest BCUT2D eigenvalue weighted by atomic mass is 19.3. The third kappa shape index (κ3) is 3.22. The first kappa shape index (κ1) is 15.5. The molecule has 2 N–H and O–H groups in total. The van der Waals surface area contributed by atoms with Crippen molar-refractivity contribution in [3.8, 4) is 0 Å². The van der Waals surface area contributed by atoms with Gasteiger partial charge in [-0.25, -0.2) is 13.6 Å². The normalized spacial score (nSPS) is 28.7. The molecule has 6 heteroatoms. The number of nitrogens with zero attached hydrogens (tertiary/aromatic N) is 1. The standard InChI is InChI=1S/C14H24F2N2O2/c1-12(2,3)20-11(19)18-6-4-13(5-7-18)9-14(15,16)8-10(13)17/h10H,4-9,17H2,1-3H3. The number of ether oxygens (including phenoxy) is 1. The number of rotatable bonds is 0. The third-order valence-electron chi connectivity index (χ3n) is 4.33. The summed E-state index contributed by atoms with van der Waals surface area (Å²) in [5.74, 6) is -2.66. The van der Waals surface area contributed by atoms with Crippen LogP contribution in [-0.4, -0.2) is 41.6 Å². The van der Waals surface area contributed by atoms with Crippen molar-refractivity contribution in [1.29, 1.82) is 0 Å². The van der Waals surface area contributed by atoms with E-state index in [1.54, 1.807) is 4.90 Å². The average molecular weight is 290 g/mol. The first-order valence-electron chi connectivity index (χ1n) is 7.14. The summed E-state index contributed by atoms with van der Waals surface area (Å²) in [5, 5.41) is 0. The lowest BCUT2D eigenvalue weighted by atomic mass is 9.74. The van der Waals surface area contributed by atoms with Crippen LogP contribution < -0.4 is 5.73 Å². The van der Waals surface area contributed by atoms with Gasteiger partial charge in [0.25, 0.3) is 0 Å². The Bertz CT molecular complexity index is 385. The van der Waals surface area contributed by atoms with E-state index in [-0.39, 0.29) is 18.9 Å². The van der Waals surface area contributed by atoms with Gasteiger partial charge in [-0.2, -0.15) is 0 Å². The van der Waals surface area contributed by atoms with Gasteiger partial charge >= 0.3 is 6.09 Å². The topological polar surface area (TPSA) is 55.6 Å². The summed E-state index contributed by atoms with van der Waals surface area (Å²) >= 11 is 0. The van der Waals surface area contributed by atoms with Crippen molar-refractivity contribution < 1.29 is 18.3 Å². The Morgan fingerprint density at radius 3 is 2.25 bits per heavy atom. The Kier molecular flexibility index (Phi) is 3.73. The number of hydrogen-bond acceptors (Lipinski definition) is 3. The second kappa shape index (κ2) is 4.83. The van der Waals surface area contributed by atoms with Crippen molar-refractivity contribution in [3.05, 3.63) is 0 Å². The highest BCUT2D eigenvalue weighted by molar-refractivity contribution is 5.68. The monoisotopic (exact) mass is 290 g/mol. The molecule has 20 heavy (non-hydrogen) atoms. The van der Waals surface area contributed by atoms with E-state index in [0.29, 0.717) is 25.9 Å². The van der Waals surface area contributed by atoms with Crippen LogP contribution in [0.5, 0.6) is 0 Å². The zero-order valence-corrected chi connectivity index (χ0v) is 12.4. The number of amides is 1. The zero-order chi connectivity index (χ0) is 15.2. The Balaban J connectivity index is 1.94. The van der Waals surface area contributed by atoms with Crippen molar-refractivity contribution in [2.45, 2.75) is 64.0 Å². The molecule has 1 unspecified atom stereocenters. The Morgan fingerprint density at radius 1 is 1.30 bits per heavy atom. The lowest BCUT2D eigenvalue weighted by Crippen LogP contribution is -2.49. The predicted molar refractivity (Wildman–Crippen MR) is 71.6 cm³/mol. The quantitative estimate of drug-likeness (QED) is 0.746. The molecule has 1 aliphatic heterocycles. The first-order chi connectivity index (χ1) is 9.03. The van der Waals surface area contributed by atoms with Crippen LogP contribution in [0.2, 0.25) is 0 Å². The van der Waals surface area contributed by atoms with Crippen molar-refractivity contribution in [3.63, 3.8) is 0 Å². The first-order valence-corrected chi connectivity index (χ1v) is 7.14. The maximum Gasteiger partial charge on any atom is 0.410 e. The molecule has 0 aromatic heterocycles. The van der Waals surface area contributed by atoms with Crippen molar-refractivity contribution in [1.82, 2.24) is 4.90 Å². The summed E-state index contributed by atoms with van der Waals surface area (Å²) in [7, 11) is 0. The highest BCUT2D eigenvalue weighted by Gasteiger charge is 2.55. The fourth-order valence-corrected chi connectivity index (χ4v) is 3.27. The number of carbonyl (C=O) groups is 1. The molecule has 0 aromatic carbocycles. The number of piperidine rings is 1. The van der Waals surface area contributed by atoms with Gasteiger partial charge < -0.3 is 15.4 Å². The maximum absolute atomic E-state index is 13.5. The van der Waals surface area contributed by atoms with Crippen LogP contribution >= 0.6 is 0 Å². The van der Waals surface area contributed by atoms with Gasteiger partial charge in [0.05, 0.1) is 0 Å². The summed E-state index contributed by atoms with van der Waals surface area (Å²) < 4.78 is 32.3. The van der Waals surface area contributed by atoms with Crippen LogP contribution in [0, 0.1) is 5.41 Å². The molecule has 0 radical (unpaired) electrons. The van der Waals surface area contributed by atoms with E-state index in [1.807, 2.05) is 20.8 Å². The number of alkyl halides is 2. The van der Waals surface area contributed by atoms with E-state index in [2.05, 4.69) is 0 Å². The molecular weight excluding hydrogens is 266 g/mol. The van der Waals surface area contributed by atoms with Crippen molar-refractivity contribution in [2.75, 3.05) is 13.1 Å². The average Bonchev–Trinajstić information content (AvgIpc) is 2.47. The van der Waals surface area contributed by atoms with Gasteiger partial charge in [0, 0.05) is 32.0 Å². The Labute approximate surface area is 118 Å². The number of halogens is 2. The number of hydrogen-bond donors (Lipinski definition) is 1. The van der Waals surface area contributed by atoms with Crippen LogP contribution in [0.3, 0.4) is 0 Å². The molecule has 1 amide bonds. The van der Waals surface area contributed by atoms with E-state index in [4.69, 9.17) is 10.5 Å². The molecule has 1 saturated heterocycles. The summed E-state index contributed by atoms with van der Waals surface area (Å²) in [4.78, 5) is 13.5. The molecule has 1 heterocycles. The Hall–Kier alpha value is -0.910. The summed E-state index contributed by atoms with van der Waals surface area (Å²) in [6, 6.07) is -0.474. The summed E-state index contributed by atoms with van der Waals surface area (Å²) in [6.07, 6.45) is 0.306. The van der Waals surface area contributed by atoms with Gasteiger partial charge in [-0.3, -0.25) is 0 Å². The smallest absolute Gasteiger partial charge is 0.410 e. The van der Waals surface area contributed by atoms with Crippen molar-refractivity contribution in [2.24, 2.45) is 11.1 Å². The molecule has 2 rings (SSSR count). The predicted octanol–water partition coefficient (Wildman–Crippen LogP) is 2.76. The van der Waals surface area contributed by atoms with Crippen LogP contribution in [0.1, 0.15) is 46.5 Å². The molecule has 2 fully saturated rings. The molecule has 0 bridgehead atoms. The lowest BCUT2D eigenvalue weighted by Gasteiger charge is -2.41. The minimum absolute atomic E-state index is 0.149. The molecule has 116 valence electrons. The van der Waals surface area contributed by atoms with E-state index < -0.39 is 23.0 Å². The van der Waals surface area contributed by atoms with Gasteiger partial charge in [0.2, 0.25) is 5.92 Å². The molecule has 1 saturated carbocycles. The van der Waals surface area contributed by atoms with Crippen LogP contribution in [-0.2, 0) is 4.74 Å². The second-order valence-corrected chi connectivity index (χ2v) is 7.17. The Morgan fingerprint density at radius 2 is 1.85 bits per heavy atom. The number of likely N-dealkylation sites (tertiary alicyclic amines) is 1.